The number of benzene rings is 1. The first-order valence-corrected chi connectivity index (χ1v) is 6.13. The van der Waals surface area contributed by atoms with Gasteiger partial charge in [0, 0.05) is 38.9 Å². The molecule has 3 rings (SSSR count). The van der Waals surface area contributed by atoms with Crippen molar-refractivity contribution in [1.29, 1.82) is 0 Å². The maximum Gasteiger partial charge on any atom is 0.0939 e. The van der Waals surface area contributed by atoms with Crippen LogP contribution in [0.2, 0.25) is 0 Å². The first kappa shape index (κ1) is 11.0. The van der Waals surface area contributed by atoms with Gasteiger partial charge in [0.2, 0.25) is 0 Å². The summed E-state index contributed by atoms with van der Waals surface area (Å²) in [7, 11) is 4.17. The average Bonchev–Trinajstić information content (AvgIpc) is 2.98. The number of nitrogens with zero attached hydrogens (tertiary/aromatic N) is 4. The molecule has 0 unspecified atom stereocenters. The van der Waals surface area contributed by atoms with Crippen LogP contribution < -0.4 is 9.80 Å². The van der Waals surface area contributed by atoms with Crippen LogP contribution in [0.3, 0.4) is 0 Å². The summed E-state index contributed by atoms with van der Waals surface area (Å²) in [5.41, 5.74) is 2.50. The molecule has 94 valence electrons. The molecule has 0 saturated heterocycles. The van der Waals surface area contributed by atoms with Gasteiger partial charge in [-0.05, 0) is 12.1 Å². The van der Waals surface area contributed by atoms with Crippen LogP contribution in [-0.4, -0.2) is 37.2 Å². The predicted octanol–water partition coefficient (Wildman–Crippen LogP) is 2.05. The second-order valence-electron chi connectivity index (χ2n) is 4.82. The molecule has 1 aromatic rings. The molecule has 0 bridgehead atoms. The molecular formula is C14H18N4. The topological polar surface area (TPSA) is 13.0 Å². The Morgan fingerprint density at radius 2 is 1.17 bits per heavy atom. The molecular weight excluding hydrogens is 224 g/mol. The lowest BCUT2D eigenvalue weighted by Crippen LogP contribution is -2.26. The van der Waals surface area contributed by atoms with Crippen molar-refractivity contribution in [3.63, 3.8) is 0 Å². The van der Waals surface area contributed by atoms with Crippen molar-refractivity contribution < 1.29 is 0 Å². The van der Waals surface area contributed by atoms with Crippen LogP contribution in [0.25, 0.3) is 0 Å². The van der Waals surface area contributed by atoms with Crippen LogP contribution in [0.4, 0.5) is 11.4 Å². The van der Waals surface area contributed by atoms with E-state index in [9.17, 15) is 0 Å². The number of rotatable bonds is 2. The van der Waals surface area contributed by atoms with Crippen LogP contribution in [0.1, 0.15) is 0 Å². The zero-order chi connectivity index (χ0) is 12.5. The van der Waals surface area contributed by atoms with Crippen LogP contribution in [0.15, 0.2) is 49.1 Å². The summed E-state index contributed by atoms with van der Waals surface area (Å²) < 4.78 is 0. The Bertz CT molecular complexity index is 449. The van der Waals surface area contributed by atoms with Crippen LogP contribution >= 0.6 is 0 Å². The van der Waals surface area contributed by atoms with E-state index in [2.05, 4.69) is 82.8 Å². The van der Waals surface area contributed by atoms with E-state index in [4.69, 9.17) is 0 Å². The first-order valence-electron chi connectivity index (χ1n) is 6.13. The second-order valence-corrected chi connectivity index (χ2v) is 4.82. The molecule has 0 radical (unpaired) electrons. The van der Waals surface area contributed by atoms with E-state index in [1.54, 1.807) is 0 Å². The highest BCUT2D eigenvalue weighted by atomic mass is 15.4. The lowest BCUT2D eigenvalue weighted by molar-refractivity contribution is 0.492. The first-order chi connectivity index (χ1) is 8.74. The van der Waals surface area contributed by atoms with Crippen molar-refractivity contribution in [3.05, 3.63) is 49.1 Å². The fraction of sp³-hybridized carbons (Fsp3) is 0.286. The Labute approximate surface area is 108 Å². The highest BCUT2D eigenvalue weighted by Crippen LogP contribution is 2.32. The third-order valence-corrected chi connectivity index (χ3v) is 3.25. The lowest BCUT2D eigenvalue weighted by Gasteiger charge is -2.26. The number of hydrogen-bond acceptors (Lipinski definition) is 4. The molecule has 1 aromatic carbocycles. The molecule has 0 saturated carbocycles. The van der Waals surface area contributed by atoms with Crippen molar-refractivity contribution in [3.8, 4) is 0 Å². The molecule has 4 nitrogen and oxygen atoms in total. The number of anilines is 2. The minimum absolute atomic E-state index is 0.907. The summed E-state index contributed by atoms with van der Waals surface area (Å²) >= 11 is 0. The molecule has 2 aliphatic rings. The van der Waals surface area contributed by atoms with E-state index in [-0.39, 0.29) is 0 Å². The molecule has 0 amide bonds. The highest BCUT2D eigenvalue weighted by molar-refractivity contribution is 5.74. The zero-order valence-electron chi connectivity index (χ0n) is 10.8. The number of hydrogen-bond donors (Lipinski definition) is 0. The molecule has 4 heteroatoms. The van der Waals surface area contributed by atoms with Crippen molar-refractivity contribution in [2.75, 3.05) is 37.2 Å². The fourth-order valence-corrected chi connectivity index (χ4v) is 2.32. The number of para-hydroxylation sites is 2. The smallest absolute Gasteiger partial charge is 0.0939 e. The molecule has 0 aliphatic carbocycles. The van der Waals surface area contributed by atoms with Crippen molar-refractivity contribution >= 4 is 11.4 Å². The second kappa shape index (κ2) is 4.29. The molecule has 0 spiro atoms. The van der Waals surface area contributed by atoms with E-state index >= 15 is 0 Å². The molecule has 2 aliphatic heterocycles. The summed E-state index contributed by atoms with van der Waals surface area (Å²) in [6.45, 7) is 1.81. The highest BCUT2D eigenvalue weighted by Gasteiger charge is 2.19. The Kier molecular flexibility index (Phi) is 2.63. The van der Waals surface area contributed by atoms with Crippen molar-refractivity contribution in [1.82, 2.24) is 9.80 Å². The largest absolute Gasteiger partial charge is 0.361 e. The van der Waals surface area contributed by atoms with Gasteiger partial charge in [-0.25, -0.2) is 0 Å². The van der Waals surface area contributed by atoms with E-state index in [1.165, 1.54) is 11.4 Å². The molecule has 0 N–H and O–H groups in total. The van der Waals surface area contributed by atoms with Crippen LogP contribution in [-0.2, 0) is 0 Å². The summed E-state index contributed by atoms with van der Waals surface area (Å²) in [6.07, 6.45) is 8.45. The SMILES string of the molecule is CN1C=CN(c2ccccc2N2C=CN(C)C2)C1. The van der Waals surface area contributed by atoms with Crippen LogP contribution in [0.5, 0.6) is 0 Å². The Hall–Kier alpha value is -2.10. The predicted molar refractivity (Wildman–Crippen MR) is 74.9 cm³/mol. The molecule has 0 aromatic heterocycles. The minimum atomic E-state index is 0.907. The quantitative estimate of drug-likeness (QED) is 0.787. The van der Waals surface area contributed by atoms with Gasteiger partial charge >= 0.3 is 0 Å². The molecule has 18 heavy (non-hydrogen) atoms. The van der Waals surface area contributed by atoms with Gasteiger partial charge in [0.15, 0.2) is 0 Å². The fourth-order valence-electron chi connectivity index (χ4n) is 2.32. The van der Waals surface area contributed by atoms with Crippen molar-refractivity contribution in [2.24, 2.45) is 0 Å². The lowest BCUT2D eigenvalue weighted by atomic mass is 10.2. The standard InChI is InChI=1S/C14H18N4/c1-15-7-9-17(11-15)13-5-3-4-6-14(13)18-10-8-16(2)12-18/h3-10H,11-12H2,1-2H3. The van der Waals surface area contributed by atoms with Crippen molar-refractivity contribution in [2.45, 2.75) is 0 Å². The Balaban J connectivity index is 1.91. The van der Waals surface area contributed by atoms with Gasteiger partial charge in [-0.1, -0.05) is 12.1 Å². The third kappa shape index (κ3) is 1.90. The Morgan fingerprint density at radius 3 is 1.50 bits per heavy atom. The van der Waals surface area contributed by atoms with Gasteiger partial charge < -0.3 is 19.6 Å². The minimum Gasteiger partial charge on any atom is -0.361 e. The third-order valence-electron chi connectivity index (χ3n) is 3.25. The molecule has 0 fully saturated rings. The van der Waals surface area contributed by atoms with Gasteiger partial charge in [0.1, 0.15) is 0 Å². The Morgan fingerprint density at radius 1 is 0.722 bits per heavy atom. The molecule has 0 atom stereocenters. The zero-order valence-corrected chi connectivity index (χ0v) is 10.8. The van der Waals surface area contributed by atoms with Gasteiger partial charge in [-0.2, -0.15) is 0 Å². The summed E-state index contributed by atoms with van der Waals surface area (Å²) in [5, 5.41) is 0. The monoisotopic (exact) mass is 242 g/mol. The van der Waals surface area contributed by atoms with E-state index in [0.717, 1.165) is 13.3 Å². The van der Waals surface area contributed by atoms with E-state index in [0.29, 0.717) is 0 Å². The summed E-state index contributed by atoms with van der Waals surface area (Å²) in [5.74, 6) is 0. The molecule has 2 heterocycles. The van der Waals surface area contributed by atoms with E-state index in [1.807, 2.05) is 0 Å². The summed E-state index contributed by atoms with van der Waals surface area (Å²) in [4.78, 5) is 8.87. The average molecular weight is 242 g/mol. The van der Waals surface area contributed by atoms with Crippen LogP contribution in [0, 0.1) is 0 Å². The van der Waals surface area contributed by atoms with Gasteiger partial charge in [0.05, 0.1) is 24.7 Å². The van der Waals surface area contributed by atoms with Gasteiger partial charge in [-0.15, -0.1) is 0 Å². The van der Waals surface area contributed by atoms with Gasteiger partial charge in [-0.3, -0.25) is 0 Å². The van der Waals surface area contributed by atoms with E-state index < -0.39 is 0 Å². The summed E-state index contributed by atoms with van der Waals surface area (Å²) in [6, 6.07) is 8.53. The maximum absolute atomic E-state index is 2.27. The van der Waals surface area contributed by atoms with Gasteiger partial charge in [0.25, 0.3) is 0 Å². The normalized spacial score (nSPS) is 18.3. The maximum atomic E-state index is 2.27.